The van der Waals surface area contributed by atoms with E-state index >= 15 is 0 Å². The summed E-state index contributed by atoms with van der Waals surface area (Å²) < 4.78 is 13.2. The first-order valence-corrected chi connectivity index (χ1v) is 10.7. The fraction of sp³-hybridized carbons (Fsp3) is 0.292. The molecule has 32 heavy (non-hydrogen) atoms. The lowest BCUT2D eigenvalue weighted by Crippen LogP contribution is -2.42. The van der Waals surface area contributed by atoms with E-state index in [9.17, 15) is 4.79 Å². The monoisotopic (exact) mass is 452 g/mol. The number of aromatic nitrogens is 2. The van der Waals surface area contributed by atoms with Gasteiger partial charge in [0.2, 0.25) is 6.10 Å². The van der Waals surface area contributed by atoms with E-state index in [-0.39, 0.29) is 12.0 Å². The Labute approximate surface area is 192 Å². The van der Waals surface area contributed by atoms with Crippen LogP contribution in [0, 0.1) is 6.92 Å². The van der Waals surface area contributed by atoms with Crippen molar-refractivity contribution in [3.05, 3.63) is 70.5 Å². The summed E-state index contributed by atoms with van der Waals surface area (Å²) in [6, 6.07) is 15.3. The van der Waals surface area contributed by atoms with Crippen molar-refractivity contribution in [2.24, 2.45) is 5.10 Å². The fourth-order valence-corrected chi connectivity index (χ4v) is 3.62. The normalized spacial score (nSPS) is 15.7. The molecule has 2 heterocycles. The van der Waals surface area contributed by atoms with E-state index in [2.05, 4.69) is 36.4 Å². The highest BCUT2D eigenvalue weighted by Gasteiger charge is 2.28. The van der Waals surface area contributed by atoms with Crippen molar-refractivity contribution >= 4 is 23.7 Å². The third kappa shape index (κ3) is 4.48. The Balaban J connectivity index is 1.44. The van der Waals surface area contributed by atoms with Crippen LogP contribution in [0.3, 0.4) is 0 Å². The molecular weight excluding hydrogens is 428 g/mol. The number of nitrogens with one attached hydrogen (secondary N) is 1. The zero-order valence-corrected chi connectivity index (χ0v) is 19.2. The molecule has 1 atom stereocenters. The number of rotatable bonds is 4. The number of benzene rings is 2. The molecule has 0 fully saturated rings. The Kier molecular flexibility index (Phi) is 5.93. The van der Waals surface area contributed by atoms with Gasteiger partial charge in [0.05, 0.1) is 23.2 Å². The van der Waals surface area contributed by atoms with Crippen LogP contribution in [0.15, 0.2) is 53.6 Å². The first-order chi connectivity index (χ1) is 15.2. The first-order valence-electron chi connectivity index (χ1n) is 10.3. The fourth-order valence-electron chi connectivity index (χ4n) is 3.30. The second kappa shape index (κ2) is 8.67. The molecule has 7 nitrogen and oxygen atoms in total. The van der Waals surface area contributed by atoms with Gasteiger partial charge < -0.3 is 9.47 Å². The molecule has 4 rings (SSSR count). The number of para-hydroxylation sites is 1. The molecule has 0 aliphatic carbocycles. The maximum Gasteiger partial charge on any atom is 0.284 e. The zero-order valence-electron chi connectivity index (χ0n) is 18.4. The number of carbonyl (C=O) groups excluding carboxylic acids is 1. The summed E-state index contributed by atoms with van der Waals surface area (Å²) >= 11 is 6.49. The number of hydrogen-bond donors (Lipinski definition) is 1. The SMILES string of the molecule is Cc1nn(-c2ccccc2)c(Cl)c1/C=N\NC(=O)C1COc2ccc(C(C)(C)C)cc2O1. The number of nitrogens with zero attached hydrogens (tertiary/aromatic N) is 3. The van der Waals surface area contributed by atoms with Crippen LogP contribution in [0.25, 0.3) is 5.69 Å². The second-order valence-electron chi connectivity index (χ2n) is 8.60. The second-order valence-corrected chi connectivity index (χ2v) is 8.96. The van der Waals surface area contributed by atoms with E-state index in [4.69, 9.17) is 21.1 Å². The third-order valence-corrected chi connectivity index (χ3v) is 5.54. The average Bonchev–Trinajstić information content (AvgIpc) is 3.06. The molecule has 2 aromatic carbocycles. The highest BCUT2D eigenvalue weighted by atomic mass is 35.5. The van der Waals surface area contributed by atoms with Gasteiger partial charge in [0.1, 0.15) is 11.8 Å². The van der Waals surface area contributed by atoms with Crippen molar-refractivity contribution in [2.75, 3.05) is 6.61 Å². The molecule has 0 spiro atoms. The highest BCUT2D eigenvalue weighted by Crippen LogP contribution is 2.36. The summed E-state index contributed by atoms with van der Waals surface area (Å²) in [7, 11) is 0. The smallest absolute Gasteiger partial charge is 0.284 e. The van der Waals surface area contributed by atoms with Crippen LogP contribution in [-0.2, 0) is 10.2 Å². The number of hydrazone groups is 1. The van der Waals surface area contributed by atoms with Crippen LogP contribution < -0.4 is 14.9 Å². The van der Waals surface area contributed by atoms with Crippen LogP contribution >= 0.6 is 11.6 Å². The van der Waals surface area contributed by atoms with E-state index in [1.54, 1.807) is 4.68 Å². The molecule has 1 unspecified atom stereocenters. The maximum absolute atomic E-state index is 12.6. The van der Waals surface area contributed by atoms with Gasteiger partial charge in [-0.3, -0.25) is 4.79 Å². The molecule has 8 heteroatoms. The van der Waals surface area contributed by atoms with Gasteiger partial charge in [-0.15, -0.1) is 0 Å². The summed E-state index contributed by atoms with van der Waals surface area (Å²) in [6.07, 6.45) is 0.677. The third-order valence-electron chi connectivity index (χ3n) is 5.18. The van der Waals surface area contributed by atoms with E-state index in [1.807, 2.05) is 55.5 Å². The predicted octanol–water partition coefficient (Wildman–Crippen LogP) is 4.42. The number of fused-ring (bicyclic) bond motifs is 1. The maximum atomic E-state index is 12.6. The minimum absolute atomic E-state index is 0.0425. The lowest BCUT2D eigenvalue weighted by molar-refractivity contribution is -0.130. The zero-order chi connectivity index (χ0) is 22.9. The lowest BCUT2D eigenvalue weighted by atomic mass is 9.87. The number of ether oxygens (including phenoxy) is 2. The van der Waals surface area contributed by atoms with Crippen LogP contribution in [0.1, 0.15) is 37.6 Å². The Hall–Kier alpha value is -3.32. The van der Waals surface area contributed by atoms with Gasteiger partial charge in [-0.1, -0.05) is 56.6 Å². The molecule has 1 aromatic heterocycles. The van der Waals surface area contributed by atoms with Gasteiger partial charge in [0.15, 0.2) is 11.5 Å². The summed E-state index contributed by atoms with van der Waals surface area (Å²) in [5.74, 6) is 0.773. The quantitative estimate of drug-likeness (QED) is 0.469. The van der Waals surface area contributed by atoms with Crippen molar-refractivity contribution < 1.29 is 14.3 Å². The molecular formula is C24H25ClN4O3. The molecule has 166 valence electrons. The number of hydrogen-bond acceptors (Lipinski definition) is 5. The molecule has 1 N–H and O–H groups in total. The summed E-state index contributed by atoms with van der Waals surface area (Å²) in [4.78, 5) is 12.6. The first kappa shape index (κ1) is 21.9. The number of halogens is 1. The van der Waals surface area contributed by atoms with Crippen LogP contribution in [0.2, 0.25) is 5.15 Å². The standard InChI is InChI=1S/C24H25ClN4O3/c1-15-18(22(25)29(28-15)17-8-6-5-7-9-17)13-26-27-23(30)21-14-31-19-11-10-16(24(2,3)4)12-20(19)32-21/h5-13,21H,14H2,1-4H3,(H,27,30)/b26-13-. The van der Waals surface area contributed by atoms with Crippen molar-refractivity contribution in [1.82, 2.24) is 15.2 Å². The van der Waals surface area contributed by atoms with Crippen LogP contribution in [-0.4, -0.2) is 34.6 Å². The number of amides is 1. The lowest BCUT2D eigenvalue weighted by Gasteiger charge is -2.27. The molecule has 0 radical (unpaired) electrons. The predicted molar refractivity (Wildman–Crippen MR) is 124 cm³/mol. The molecule has 0 saturated heterocycles. The van der Waals surface area contributed by atoms with Crippen molar-refractivity contribution in [3.63, 3.8) is 0 Å². The van der Waals surface area contributed by atoms with Crippen LogP contribution in [0.4, 0.5) is 0 Å². The van der Waals surface area contributed by atoms with E-state index < -0.39 is 12.0 Å². The van der Waals surface area contributed by atoms with E-state index in [0.717, 1.165) is 11.3 Å². The van der Waals surface area contributed by atoms with Crippen LogP contribution in [0.5, 0.6) is 11.5 Å². The Morgan fingerprint density at radius 3 is 2.69 bits per heavy atom. The van der Waals surface area contributed by atoms with Gasteiger partial charge in [-0.2, -0.15) is 10.2 Å². The minimum atomic E-state index is -0.807. The van der Waals surface area contributed by atoms with Gasteiger partial charge in [0.25, 0.3) is 5.91 Å². The molecule has 0 bridgehead atoms. The van der Waals surface area contributed by atoms with Crippen molar-refractivity contribution in [2.45, 2.75) is 39.2 Å². The van der Waals surface area contributed by atoms with E-state index in [1.165, 1.54) is 6.21 Å². The molecule has 1 amide bonds. The van der Waals surface area contributed by atoms with Gasteiger partial charge >= 0.3 is 0 Å². The number of carbonyl (C=O) groups is 1. The van der Waals surface area contributed by atoms with Gasteiger partial charge in [-0.05, 0) is 42.2 Å². The minimum Gasteiger partial charge on any atom is -0.485 e. The Bertz CT molecular complexity index is 1170. The Morgan fingerprint density at radius 2 is 1.97 bits per heavy atom. The van der Waals surface area contributed by atoms with E-state index in [0.29, 0.717) is 27.9 Å². The molecule has 1 aliphatic rings. The molecule has 1 aliphatic heterocycles. The summed E-state index contributed by atoms with van der Waals surface area (Å²) in [6.45, 7) is 8.28. The summed E-state index contributed by atoms with van der Waals surface area (Å²) in [5.41, 5.74) is 5.72. The summed E-state index contributed by atoms with van der Waals surface area (Å²) in [5, 5.41) is 8.93. The highest BCUT2D eigenvalue weighted by molar-refractivity contribution is 6.32. The van der Waals surface area contributed by atoms with Crippen molar-refractivity contribution in [1.29, 1.82) is 0 Å². The topological polar surface area (TPSA) is 77.7 Å². The average molecular weight is 453 g/mol. The molecule has 3 aromatic rings. The largest absolute Gasteiger partial charge is 0.485 e. The van der Waals surface area contributed by atoms with Crippen molar-refractivity contribution in [3.8, 4) is 17.2 Å². The number of aryl methyl sites for hydroxylation is 1. The van der Waals surface area contributed by atoms with Gasteiger partial charge in [0, 0.05) is 0 Å². The van der Waals surface area contributed by atoms with Gasteiger partial charge in [-0.25, -0.2) is 10.1 Å². The Morgan fingerprint density at radius 1 is 1.22 bits per heavy atom. The molecule has 0 saturated carbocycles.